The molecule has 0 aliphatic carbocycles. The minimum Gasteiger partial charge on any atom is -0.472 e. The third-order valence-electron chi connectivity index (χ3n) is 2.97. The van der Waals surface area contributed by atoms with Crippen molar-refractivity contribution in [3.63, 3.8) is 0 Å². The molecule has 1 aliphatic rings. The number of nitrogens with one attached hydrogen (secondary N) is 1. The number of ether oxygens (including phenoxy) is 1. The summed E-state index contributed by atoms with van der Waals surface area (Å²) in [6.45, 7) is 3.42. The van der Waals surface area contributed by atoms with Crippen LogP contribution < -0.4 is 16.0 Å². The number of nitrogens with zero attached hydrogens (tertiary/aromatic N) is 4. The predicted octanol–water partition coefficient (Wildman–Crippen LogP) is 0.495. The van der Waals surface area contributed by atoms with Crippen molar-refractivity contribution in [3.8, 4) is 0 Å². The fourth-order valence-corrected chi connectivity index (χ4v) is 1.94. The highest BCUT2D eigenvalue weighted by Gasteiger charge is 2.15. The fraction of sp³-hybridized carbons (Fsp3) is 0.417. The second-order valence-electron chi connectivity index (χ2n) is 4.40. The maximum atomic E-state index is 5.74. The number of anilines is 3. The Kier molecular flexibility index (Phi) is 3.64. The highest BCUT2D eigenvalue weighted by atomic mass is 16.5. The van der Waals surface area contributed by atoms with Crippen LogP contribution in [0, 0.1) is 0 Å². The predicted molar refractivity (Wildman–Crippen MR) is 73.3 cm³/mol. The van der Waals surface area contributed by atoms with Crippen molar-refractivity contribution >= 4 is 17.8 Å². The Morgan fingerprint density at radius 1 is 1.25 bits per heavy atom. The first-order valence-corrected chi connectivity index (χ1v) is 6.40. The minimum absolute atomic E-state index is 0.205. The summed E-state index contributed by atoms with van der Waals surface area (Å²) in [5, 5.41) is 3.11. The first kappa shape index (κ1) is 12.7. The van der Waals surface area contributed by atoms with E-state index in [1.54, 1.807) is 12.5 Å². The van der Waals surface area contributed by atoms with Gasteiger partial charge in [0.2, 0.25) is 17.8 Å². The van der Waals surface area contributed by atoms with Gasteiger partial charge in [-0.1, -0.05) is 0 Å². The molecule has 3 heterocycles. The molecule has 106 valence electrons. The number of furan rings is 1. The average Bonchev–Trinajstić information content (AvgIpc) is 2.99. The number of morpholine rings is 1. The van der Waals surface area contributed by atoms with Gasteiger partial charge in [0.25, 0.3) is 0 Å². The van der Waals surface area contributed by atoms with Crippen LogP contribution in [0.15, 0.2) is 23.0 Å². The molecule has 1 aliphatic heterocycles. The summed E-state index contributed by atoms with van der Waals surface area (Å²) in [5.41, 5.74) is 6.75. The van der Waals surface area contributed by atoms with E-state index in [0.717, 1.165) is 18.7 Å². The molecule has 0 aromatic carbocycles. The van der Waals surface area contributed by atoms with E-state index in [-0.39, 0.29) is 5.95 Å². The molecule has 0 amide bonds. The number of nitrogen functional groups attached to an aromatic ring is 1. The second kappa shape index (κ2) is 5.74. The summed E-state index contributed by atoms with van der Waals surface area (Å²) in [6.07, 6.45) is 3.29. The average molecular weight is 276 g/mol. The first-order chi connectivity index (χ1) is 9.81. The molecule has 3 rings (SSSR count). The van der Waals surface area contributed by atoms with Crippen LogP contribution in [0.1, 0.15) is 5.56 Å². The van der Waals surface area contributed by atoms with E-state index in [0.29, 0.717) is 31.7 Å². The Bertz CT molecular complexity index is 553. The van der Waals surface area contributed by atoms with Crippen LogP contribution in [0.3, 0.4) is 0 Å². The normalized spacial score (nSPS) is 15.3. The van der Waals surface area contributed by atoms with Gasteiger partial charge in [-0.2, -0.15) is 15.0 Å². The van der Waals surface area contributed by atoms with Crippen LogP contribution in [0.5, 0.6) is 0 Å². The number of nitrogens with two attached hydrogens (primary N) is 1. The molecule has 0 bridgehead atoms. The quantitative estimate of drug-likeness (QED) is 0.832. The van der Waals surface area contributed by atoms with Gasteiger partial charge in [-0.3, -0.25) is 0 Å². The van der Waals surface area contributed by atoms with Crippen LogP contribution in [-0.2, 0) is 11.3 Å². The van der Waals surface area contributed by atoms with Gasteiger partial charge in [-0.25, -0.2) is 0 Å². The molecule has 1 fully saturated rings. The van der Waals surface area contributed by atoms with Crippen molar-refractivity contribution in [1.29, 1.82) is 0 Å². The lowest BCUT2D eigenvalue weighted by molar-refractivity contribution is 0.122. The third-order valence-corrected chi connectivity index (χ3v) is 2.97. The standard InChI is InChI=1S/C12H16N6O2/c13-10-15-11(14-7-9-1-4-20-8-9)17-12(16-10)18-2-5-19-6-3-18/h1,4,8H,2-3,5-7H2,(H3,13,14,15,16,17). The number of rotatable bonds is 4. The Balaban J connectivity index is 1.72. The van der Waals surface area contributed by atoms with Crippen LogP contribution in [-0.4, -0.2) is 41.3 Å². The van der Waals surface area contributed by atoms with Crippen molar-refractivity contribution in [1.82, 2.24) is 15.0 Å². The molecule has 2 aromatic rings. The number of hydrogen-bond donors (Lipinski definition) is 2. The van der Waals surface area contributed by atoms with E-state index < -0.39 is 0 Å². The van der Waals surface area contributed by atoms with Crippen molar-refractivity contribution < 1.29 is 9.15 Å². The Labute approximate surface area is 116 Å². The van der Waals surface area contributed by atoms with Crippen LogP contribution in [0.25, 0.3) is 0 Å². The van der Waals surface area contributed by atoms with Gasteiger partial charge >= 0.3 is 0 Å². The van der Waals surface area contributed by atoms with E-state index in [1.165, 1.54) is 0 Å². The van der Waals surface area contributed by atoms with Crippen molar-refractivity contribution in [3.05, 3.63) is 24.2 Å². The Hall–Kier alpha value is -2.35. The molecular weight excluding hydrogens is 260 g/mol. The third kappa shape index (κ3) is 2.97. The van der Waals surface area contributed by atoms with E-state index in [9.17, 15) is 0 Å². The topological polar surface area (TPSA) is 102 Å². The Morgan fingerprint density at radius 2 is 2.10 bits per heavy atom. The van der Waals surface area contributed by atoms with E-state index in [1.807, 2.05) is 11.0 Å². The molecule has 0 atom stereocenters. The minimum atomic E-state index is 0.205. The van der Waals surface area contributed by atoms with E-state index in [2.05, 4.69) is 20.3 Å². The molecule has 1 saturated heterocycles. The van der Waals surface area contributed by atoms with E-state index >= 15 is 0 Å². The van der Waals surface area contributed by atoms with Crippen molar-refractivity contribution in [2.75, 3.05) is 42.3 Å². The summed E-state index contributed by atoms with van der Waals surface area (Å²) < 4.78 is 10.3. The summed E-state index contributed by atoms with van der Waals surface area (Å²) in [5.74, 6) is 1.24. The van der Waals surface area contributed by atoms with Gasteiger partial charge in [0, 0.05) is 25.2 Å². The lowest BCUT2D eigenvalue weighted by Gasteiger charge is -2.26. The van der Waals surface area contributed by atoms with Gasteiger partial charge in [0.1, 0.15) is 0 Å². The van der Waals surface area contributed by atoms with Gasteiger partial charge < -0.3 is 25.1 Å². The smallest absolute Gasteiger partial charge is 0.232 e. The van der Waals surface area contributed by atoms with E-state index in [4.69, 9.17) is 14.9 Å². The van der Waals surface area contributed by atoms with Gasteiger partial charge in [-0.05, 0) is 6.07 Å². The SMILES string of the molecule is Nc1nc(NCc2ccoc2)nc(N2CCOCC2)n1. The maximum absolute atomic E-state index is 5.74. The lowest BCUT2D eigenvalue weighted by atomic mass is 10.3. The van der Waals surface area contributed by atoms with Gasteiger partial charge in [-0.15, -0.1) is 0 Å². The van der Waals surface area contributed by atoms with Crippen LogP contribution in [0.2, 0.25) is 0 Å². The number of aromatic nitrogens is 3. The summed E-state index contributed by atoms with van der Waals surface area (Å²) >= 11 is 0. The zero-order valence-electron chi connectivity index (χ0n) is 11.0. The summed E-state index contributed by atoms with van der Waals surface area (Å²) in [6, 6.07) is 1.88. The molecule has 0 unspecified atom stereocenters. The molecule has 3 N–H and O–H groups in total. The molecule has 8 nitrogen and oxygen atoms in total. The molecule has 8 heteroatoms. The largest absolute Gasteiger partial charge is 0.472 e. The summed E-state index contributed by atoms with van der Waals surface area (Å²) in [7, 11) is 0. The first-order valence-electron chi connectivity index (χ1n) is 6.40. The molecule has 20 heavy (non-hydrogen) atoms. The molecule has 2 aromatic heterocycles. The second-order valence-corrected chi connectivity index (χ2v) is 4.40. The van der Waals surface area contributed by atoms with Gasteiger partial charge in [0.15, 0.2) is 0 Å². The highest BCUT2D eigenvalue weighted by molar-refractivity contribution is 5.42. The monoisotopic (exact) mass is 276 g/mol. The fourth-order valence-electron chi connectivity index (χ4n) is 1.94. The zero-order chi connectivity index (χ0) is 13.8. The van der Waals surface area contributed by atoms with Crippen LogP contribution >= 0.6 is 0 Å². The van der Waals surface area contributed by atoms with Crippen LogP contribution in [0.4, 0.5) is 17.8 Å². The Morgan fingerprint density at radius 3 is 2.85 bits per heavy atom. The number of hydrogen-bond acceptors (Lipinski definition) is 8. The molecule has 0 spiro atoms. The van der Waals surface area contributed by atoms with Crippen molar-refractivity contribution in [2.24, 2.45) is 0 Å². The molecule has 0 saturated carbocycles. The molecular formula is C12H16N6O2. The zero-order valence-corrected chi connectivity index (χ0v) is 11.0. The molecule has 0 radical (unpaired) electrons. The lowest BCUT2D eigenvalue weighted by Crippen LogP contribution is -2.37. The van der Waals surface area contributed by atoms with Gasteiger partial charge in [0.05, 0.1) is 25.7 Å². The summed E-state index contributed by atoms with van der Waals surface area (Å²) in [4.78, 5) is 14.7. The highest BCUT2D eigenvalue weighted by Crippen LogP contribution is 2.14. The maximum Gasteiger partial charge on any atom is 0.232 e. The van der Waals surface area contributed by atoms with Crippen molar-refractivity contribution in [2.45, 2.75) is 6.54 Å².